The molecule has 0 fully saturated rings. The molecule has 0 atom stereocenters. The predicted octanol–water partition coefficient (Wildman–Crippen LogP) is 10.0. The monoisotopic (exact) mass is 537 g/mol. The van der Waals surface area contributed by atoms with Gasteiger partial charge in [-0.1, -0.05) is 109 Å². The van der Waals surface area contributed by atoms with Crippen LogP contribution in [0.1, 0.15) is 5.82 Å². The second kappa shape index (κ2) is 9.83. The summed E-state index contributed by atoms with van der Waals surface area (Å²) in [5, 5.41) is 4.90. The van der Waals surface area contributed by atoms with E-state index in [0.717, 1.165) is 28.1 Å². The molecule has 198 valence electrons. The molecule has 0 unspecified atom stereocenters. The summed E-state index contributed by atoms with van der Waals surface area (Å²) in [7, 11) is 0. The predicted molar refractivity (Wildman–Crippen MR) is 175 cm³/mol. The van der Waals surface area contributed by atoms with E-state index in [-0.39, 0.29) is 0 Å². The number of aromatic nitrogens is 3. The normalized spacial score (nSPS) is 11.5. The number of rotatable bonds is 4. The lowest BCUT2D eigenvalue weighted by molar-refractivity contribution is 1.00. The van der Waals surface area contributed by atoms with Crippen LogP contribution >= 0.6 is 0 Å². The first-order valence-corrected chi connectivity index (χ1v) is 14.3. The number of imidazole rings is 1. The van der Waals surface area contributed by atoms with Crippen molar-refractivity contribution in [2.75, 3.05) is 0 Å². The van der Waals surface area contributed by atoms with Gasteiger partial charge in [0.15, 0.2) is 0 Å². The molecule has 0 radical (unpaired) electrons. The number of para-hydroxylation sites is 3. The van der Waals surface area contributed by atoms with E-state index in [1.54, 1.807) is 0 Å². The molecule has 0 N–H and O–H groups in total. The van der Waals surface area contributed by atoms with Gasteiger partial charge in [-0.2, -0.15) is 0 Å². The van der Waals surface area contributed by atoms with Crippen LogP contribution in [0.5, 0.6) is 0 Å². The highest BCUT2D eigenvalue weighted by molar-refractivity contribution is 6.23. The van der Waals surface area contributed by atoms with E-state index in [4.69, 9.17) is 4.98 Å². The molecule has 0 aliphatic carbocycles. The minimum absolute atomic E-state index is 0.972. The number of fused-ring (bicyclic) bond motifs is 3. The molecule has 2 aromatic heterocycles. The van der Waals surface area contributed by atoms with E-state index < -0.39 is 0 Å². The van der Waals surface area contributed by atoms with E-state index in [1.807, 2.05) is 24.5 Å². The third-order valence-electron chi connectivity index (χ3n) is 8.24. The molecule has 8 aromatic rings. The number of benzene rings is 6. The van der Waals surface area contributed by atoms with Gasteiger partial charge in [0.25, 0.3) is 0 Å². The van der Waals surface area contributed by atoms with Crippen molar-refractivity contribution in [3.8, 4) is 39.1 Å². The van der Waals surface area contributed by atoms with Crippen LogP contribution in [0.4, 0.5) is 0 Å². The summed E-state index contributed by atoms with van der Waals surface area (Å²) in [6, 6.07) is 47.6. The molecule has 0 amide bonds. The van der Waals surface area contributed by atoms with Gasteiger partial charge in [-0.15, -0.1) is 0 Å². The summed E-state index contributed by atoms with van der Waals surface area (Å²) in [5.41, 5.74) is 10.4. The lowest BCUT2D eigenvalue weighted by Gasteiger charge is -2.21. The molecule has 8 rings (SSSR count). The Morgan fingerprint density at radius 2 is 1.05 bits per heavy atom. The van der Waals surface area contributed by atoms with Gasteiger partial charge in [0, 0.05) is 23.5 Å². The Morgan fingerprint density at radius 1 is 0.500 bits per heavy atom. The molecule has 3 heteroatoms. The molecule has 0 saturated carbocycles. The molecule has 0 saturated heterocycles. The summed E-state index contributed by atoms with van der Waals surface area (Å²) < 4.78 is 2.29. The second-order valence-electron chi connectivity index (χ2n) is 10.6. The van der Waals surface area contributed by atoms with Gasteiger partial charge in [0.1, 0.15) is 5.82 Å². The highest BCUT2D eigenvalue weighted by Crippen LogP contribution is 2.47. The number of pyridine rings is 1. The quantitative estimate of drug-likeness (QED) is 0.209. The van der Waals surface area contributed by atoms with Gasteiger partial charge in [0.2, 0.25) is 0 Å². The number of hydrogen-bond acceptors (Lipinski definition) is 2. The van der Waals surface area contributed by atoms with E-state index in [9.17, 15) is 0 Å². The van der Waals surface area contributed by atoms with E-state index in [1.165, 1.54) is 49.4 Å². The summed E-state index contributed by atoms with van der Waals surface area (Å²) in [5.74, 6) is 0.972. The molecule has 3 nitrogen and oxygen atoms in total. The fourth-order valence-corrected chi connectivity index (χ4v) is 6.51. The Balaban J connectivity index is 1.49. The van der Waals surface area contributed by atoms with Gasteiger partial charge in [-0.05, 0) is 75.0 Å². The van der Waals surface area contributed by atoms with Gasteiger partial charge in [-0.25, -0.2) is 4.98 Å². The van der Waals surface area contributed by atoms with Crippen LogP contribution in [0, 0.1) is 6.92 Å². The summed E-state index contributed by atoms with van der Waals surface area (Å²) in [6.45, 7) is 2.09. The zero-order chi connectivity index (χ0) is 28.0. The van der Waals surface area contributed by atoms with Gasteiger partial charge < -0.3 is 0 Å². The minimum Gasteiger partial charge on any atom is -0.296 e. The Kier molecular flexibility index (Phi) is 5.68. The topological polar surface area (TPSA) is 30.7 Å². The molecular weight excluding hydrogens is 510 g/mol. The highest BCUT2D eigenvalue weighted by atomic mass is 15.1. The maximum atomic E-state index is 4.90. The van der Waals surface area contributed by atoms with E-state index >= 15 is 0 Å². The molecular formula is C39H27N3. The van der Waals surface area contributed by atoms with Crippen molar-refractivity contribution in [3.63, 3.8) is 0 Å². The van der Waals surface area contributed by atoms with Crippen LogP contribution in [0.3, 0.4) is 0 Å². The lowest BCUT2D eigenvalue weighted by Crippen LogP contribution is -2.00. The van der Waals surface area contributed by atoms with Crippen molar-refractivity contribution in [3.05, 3.63) is 152 Å². The molecule has 0 aliphatic rings. The smallest absolute Gasteiger partial charge is 0.111 e. The van der Waals surface area contributed by atoms with Gasteiger partial charge >= 0.3 is 0 Å². The van der Waals surface area contributed by atoms with Crippen LogP contribution in [0.2, 0.25) is 0 Å². The Hall–Kier alpha value is -5.54. The molecule has 2 heterocycles. The largest absolute Gasteiger partial charge is 0.296 e. The maximum Gasteiger partial charge on any atom is 0.111 e. The lowest BCUT2D eigenvalue weighted by atomic mass is 9.83. The highest BCUT2D eigenvalue weighted by Gasteiger charge is 2.21. The average molecular weight is 538 g/mol. The fourth-order valence-electron chi connectivity index (χ4n) is 6.51. The first-order chi connectivity index (χ1) is 20.8. The molecule has 42 heavy (non-hydrogen) atoms. The first-order valence-electron chi connectivity index (χ1n) is 14.3. The van der Waals surface area contributed by atoms with Crippen molar-refractivity contribution in [1.82, 2.24) is 14.5 Å². The number of hydrogen-bond donors (Lipinski definition) is 0. The Morgan fingerprint density at radius 3 is 1.71 bits per heavy atom. The van der Waals surface area contributed by atoms with Gasteiger partial charge in [-0.3, -0.25) is 9.55 Å². The van der Waals surface area contributed by atoms with Crippen LogP contribution in [-0.2, 0) is 0 Å². The second-order valence-corrected chi connectivity index (χ2v) is 10.6. The molecule has 6 aromatic carbocycles. The third-order valence-corrected chi connectivity index (χ3v) is 8.24. The summed E-state index contributed by atoms with van der Waals surface area (Å²) in [6.07, 6.45) is 3.78. The SMILES string of the molecule is Cc1nc2ccccc2n1-c1ccccc1-c1c2ccccc2c(-c2ccccc2-c2cccnc2)c2ccccc12. The number of nitrogens with zero attached hydrogens (tertiary/aromatic N) is 3. The van der Waals surface area contributed by atoms with Crippen molar-refractivity contribution in [1.29, 1.82) is 0 Å². The molecule has 0 spiro atoms. The van der Waals surface area contributed by atoms with Crippen molar-refractivity contribution in [2.45, 2.75) is 6.92 Å². The van der Waals surface area contributed by atoms with Crippen LogP contribution < -0.4 is 0 Å². The molecule has 0 aliphatic heterocycles. The van der Waals surface area contributed by atoms with E-state index in [0.29, 0.717) is 0 Å². The Labute approximate surface area is 244 Å². The molecule has 0 bridgehead atoms. The van der Waals surface area contributed by atoms with Crippen LogP contribution in [-0.4, -0.2) is 14.5 Å². The summed E-state index contributed by atoms with van der Waals surface area (Å²) in [4.78, 5) is 9.33. The minimum atomic E-state index is 0.972. The van der Waals surface area contributed by atoms with Crippen molar-refractivity contribution < 1.29 is 0 Å². The average Bonchev–Trinajstić information content (AvgIpc) is 3.39. The zero-order valence-corrected chi connectivity index (χ0v) is 23.2. The van der Waals surface area contributed by atoms with Gasteiger partial charge in [0.05, 0.1) is 16.7 Å². The first kappa shape index (κ1) is 24.3. The standard InChI is InChI=1S/C39H27N3/c1-26-41-35-21-9-11-23-37(35)42(26)36-22-10-8-20-34(36)39-32-18-6-4-16-30(32)38(31-17-5-7-19-33(31)39)29-15-3-2-14-28(29)27-13-12-24-40-25-27/h2-25H,1H3. The zero-order valence-electron chi connectivity index (χ0n) is 23.2. The van der Waals surface area contributed by atoms with Crippen molar-refractivity contribution >= 4 is 32.6 Å². The van der Waals surface area contributed by atoms with Crippen LogP contribution in [0.25, 0.3) is 71.6 Å². The Bertz CT molecular complexity index is 2200. The maximum absolute atomic E-state index is 4.90. The third kappa shape index (κ3) is 3.75. The fraction of sp³-hybridized carbons (Fsp3) is 0.0256. The van der Waals surface area contributed by atoms with E-state index in [2.05, 4.69) is 138 Å². The van der Waals surface area contributed by atoms with Crippen LogP contribution in [0.15, 0.2) is 146 Å². The summed E-state index contributed by atoms with van der Waals surface area (Å²) >= 11 is 0. The van der Waals surface area contributed by atoms with Crippen molar-refractivity contribution in [2.24, 2.45) is 0 Å². The number of aryl methyl sites for hydroxylation is 1.